The number of likely N-dealkylation sites (tertiary alicyclic amines) is 1. The van der Waals surface area contributed by atoms with Crippen molar-refractivity contribution in [3.63, 3.8) is 0 Å². The van der Waals surface area contributed by atoms with Crippen molar-refractivity contribution in [2.24, 2.45) is 5.73 Å². The van der Waals surface area contributed by atoms with Gasteiger partial charge in [-0.3, -0.25) is 9.88 Å². The molecule has 22 heavy (non-hydrogen) atoms. The first-order valence-corrected chi connectivity index (χ1v) is 8.01. The van der Waals surface area contributed by atoms with Gasteiger partial charge in [0.1, 0.15) is 11.6 Å². The Morgan fingerprint density at radius 2 is 2.00 bits per heavy atom. The van der Waals surface area contributed by atoms with E-state index in [9.17, 15) is 4.79 Å². The molecule has 122 valence electrons. The fraction of sp³-hybridized carbons (Fsp3) is 0.647. The van der Waals surface area contributed by atoms with Gasteiger partial charge in [0.05, 0.1) is 5.69 Å². The van der Waals surface area contributed by atoms with Gasteiger partial charge >= 0.3 is 5.97 Å². The molecule has 0 bridgehead atoms. The Balaban J connectivity index is 1.94. The first-order valence-electron chi connectivity index (χ1n) is 8.01. The third-order valence-corrected chi connectivity index (χ3v) is 3.70. The fourth-order valence-corrected chi connectivity index (χ4v) is 2.56. The van der Waals surface area contributed by atoms with Gasteiger partial charge in [0, 0.05) is 12.7 Å². The first kappa shape index (κ1) is 16.9. The Kier molecular flexibility index (Phi) is 5.53. The summed E-state index contributed by atoms with van der Waals surface area (Å²) in [5.74, 6) is -0.418. The smallest absolute Gasteiger partial charge is 0.328 e. The SMILES string of the molecule is CC(C)(C)OC(=O)C(N)c1ccc(CN2CCCCC2)nc1. The van der Waals surface area contributed by atoms with Crippen molar-refractivity contribution in [1.82, 2.24) is 9.88 Å². The summed E-state index contributed by atoms with van der Waals surface area (Å²) >= 11 is 0. The average Bonchev–Trinajstić information content (AvgIpc) is 2.46. The molecule has 0 aliphatic carbocycles. The zero-order chi connectivity index (χ0) is 16.2. The Hall–Kier alpha value is -1.46. The van der Waals surface area contributed by atoms with Gasteiger partial charge in [-0.15, -0.1) is 0 Å². The summed E-state index contributed by atoms with van der Waals surface area (Å²) in [5.41, 5.74) is 7.13. The van der Waals surface area contributed by atoms with E-state index in [0.29, 0.717) is 5.56 Å². The zero-order valence-corrected chi connectivity index (χ0v) is 13.8. The number of hydrogen-bond donors (Lipinski definition) is 1. The van der Waals surface area contributed by atoms with Crippen molar-refractivity contribution in [3.8, 4) is 0 Å². The molecule has 0 radical (unpaired) electrons. The molecule has 1 unspecified atom stereocenters. The predicted molar refractivity (Wildman–Crippen MR) is 86.1 cm³/mol. The maximum atomic E-state index is 12.0. The highest BCUT2D eigenvalue weighted by Gasteiger charge is 2.23. The number of piperidine rings is 1. The van der Waals surface area contributed by atoms with E-state index in [1.807, 2.05) is 32.9 Å². The summed E-state index contributed by atoms with van der Waals surface area (Å²) in [6.07, 6.45) is 5.55. The van der Waals surface area contributed by atoms with E-state index in [1.165, 1.54) is 19.3 Å². The minimum Gasteiger partial charge on any atom is -0.459 e. The lowest BCUT2D eigenvalue weighted by Crippen LogP contribution is -2.32. The number of pyridine rings is 1. The molecule has 2 heterocycles. The van der Waals surface area contributed by atoms with Crippen LogP contribution in [0.5, 0.6) is 0 Å². The standard InChI is InChI=1S/C17H27N3O2/c1-17(2,3)22-16(21)15(18)13-7-8-14(19-11-13)12-20-9-5-4-6-10-20/h7-8,11,15H,4-6,9-10,12,18H2,1-3H3. The number of rotatable bonds is 4. The number of nitrogens with zero attached hydrogens (tertiary/aromatic N) is 2. The molecule has 5 heteroatoms. The van der Waals surface area contributed by atoms with Gasteiger partial charge in [-0.1, -0.05) is 12.5 Å². The predicted octanol–water partition coefficient (Wildman–Crippen LogP) is 2.41. The van der Waals surface area contributed by atoms with Crippen molar-refractivity contribution >= 4 is 5.97 Å². The molecule has 0 aromatic carbocycles. The number of nitrogens with two attached hydrogens (primary N) is 1. The summed E-state index contributed by atoms with van der Waals surface area (Å²) in [7, 11) is 0. The quantitative estimate of drug-likeness (QED) is 0.865. The molecular weight excluding hydrogens is 278 g/mol. The molecule has 0 amide bonds. The Morgan fingerprint density at radius 1 is 1.32 bits per heavy atom. The molecule has 1 aromatic rings. The second-order valence-corrected chi connectivity index (χ2v) is 6.93. The minimum absolute atomic E-state index is 0.418. The van der Waals surface area contributed by atoms with Crippen molar-refractivity contribution in [2.45, 2.75) is 58.2 Å². The topological polar surface area (TPSA) is 68.5 Å². The van der Waals surface area contributed by atoms with E-state index in [0.717, 1.165) is 25.3 Å². The molecule has 1 aliphatic heterocycles. The van der Waals surface area contributed by atoms with Crippen molar-refractivity contribution < 1.29 is 9.53 Å². The minimum atomic E-state index is -0.782. The van der Waals surface area contributed by atoms with Gasteiger partial charge in [0.2, 0.25) is 0 Å². The average molecular weight is 305 g/mol. The molecule has 5 nitrogen and oxygen atoms in total. The Labute approximate surface area is 132 Å². The third kappa shape index (κ3) is 5.07. The van der Waals surface area contributed by atoms with Gasteiger partial charge in [-0.05, 0) is 58.3 Å². The van der Waals surface area contributed by atoms with E-state index in [1.54, 1.807) is 6.20 Å². The van der Waals surface area contributed by atoms with E-state index >= 15 is 0 Å². The van der Waals surface area contributed by atoms with Crippen LogP contribution in [0.2, 0.25) is 0 Å². The highest BCUT2D eigenvalue weighted by atomic mass is 16.6. The van der Waals surface area contributed by atoms with Crippen LogP contribution in [0, 0.1) is 0 Å². The Morgan fingerprint density at radius 3 is 2.55 bits per heavy atom. The number of carbonyl (C=O) groups is 1. The van der Waals surface area contributed by atoms with Crippen LogP contribution in [-0.2, 0) is 16.1 Å². The molecule has 1 saturated heterocycles. The van der Waals surface area contributed by atoms with Crippen LogP contribution in [0.25, 0.3) is 0 Å². The van der Waals surface area contributed by atoms with Gasteiger partial charge in [0.15, 0.2) is 0 Å². The lowest BCUT2D eigenvalue weighted by Gasteiger charge is -2.26. The van der Waals surface area contributed by atoms with Crippen LogP contribution in [0.15, 0.2) is 18.3 Å². The molecule has 2 rings (SSSR count). The van der Waals surface area contributed by atoms with Crippen molar-refractivity contribution in [3.05, 3.63) is 29.6 Å². The molecule has 1 atom stereocenters. The second kappa shape index (κ2) is 7.20. The van der Waals surface area contributed by atoms with E-state index < -0.39 is 17.6 Å². The maximum Gasteiger partial charge on any atom is 0.328 e. The van der Waals surface area contributed by atoms with Gasteiger partial charge in [0.25, 0.3) is 0 Å². The summed E-state index contributed by atoms with van der Waals surface area (Å²) in [4.78, 5) is 18.8. The van der Waals surface area contributed by atoms with Crippen LogP contribution in [0.4, 0.5) is 0 Å². The molecule has 1 aromatic heterocycles. The molecule has 1 aliphatic rings. The van der Waals surface area contributed by atoms with E-state index in [4.69, 9.17) is 10.5 Å². The van der Waals surface area contributed by atoms with Crippen LogP contribution < -0.4 is 5.73 Å². The lowest BCUT2D eigenvalue weighted by molar-refractivity contribution is -0.156. The van der Waals surface area contributed by atoms with Crippen LogP contribution in [0.1, 0.15) is 57.3 Å². The number of carbonyl (C=O) groups excluding carboxylic acids is 1. The number of esters is 1. The van der Waals surface area contributed by atoms with Gasteiger partial charge in [-0.25, -0.2) is 4.79 Å². The highest BCUT2D eigenvalue weighted by molar-refractivity contribution is 5.77. The third-order valence-electron chi connectivity index (χ3n) is 3.70. The first-order chi connectivity index (χ1) is 10.3. The molecule has 0 spiro atoms. The van der Waals surface area contributed by atoms with E-state index in [-0.39, 0.29) is 0 Å². The number of ether oxygens (including phenoxy) is 1. The van der Waals surface area contributed by atoms with Crippen molar-refractivity contribution in [1.29, 1.82) is 0 Å². The zero-order valence-electron chi connectivity index (χ0n) is 13.8. The van der Waals surface area contributed by atoms with Gasteiger partial charge in [-0.2, -0.15) is 0 Å². The van der Waals surface area contributed by atoms with Crippen molar-refractivity contribution in [2.75, 3.05) is 13.1 Å². The molecule has 1 fully saturated rings. The highest BCUT2D eigenvalue weighted by Crippen LogP contribution is 2.17. The maximum absolute atomic E-state index is 12.0. The van der Waals surface area contributed by atoms with Crippen LogP contribution in [0.3, 0.4) is 0 Å². The Bertz CT molecular complexity index is 488. The van der Waals surface area contributed by atoms with Crippen LogP contribution in [-0.4, -0.2) is 34.5 Å². The monoisotopic (exact) mass is 305 g/mol. The lowest BCUT2D eigenvalue weighted by atomic mass is 10.1. The number of aromatic nitrogens is 1. The summed E-state index contributed by atoms with van der Waals surface area (Å²) in [5, 5.41) is 0. The van der Waals surface area contributed by atoms with E-state index in [2.05, 4.69) is 9.88 Å². The molecular formula is C17H27N3O2. The normalized spacial score (nSPS) is 18.0. The molecule has 2 N–H and O–H groups in total. The largest absolute Gasteiger partial charge is 0.459 e. The molecule has 0 saturated carbocycles. The number of hydrogen-bond acceptors (Lipinski definition) is 5. The second-order valence-electron chi connectivity index (χ2n) is 6.93. The van der Waals surface area contributed by atoms with Gasteiger partial charge < -0.3 is 10.5 Å². The summed E-state index contributed by atoms with van der Waals surface area (Å²) in [6, 6.07) is 3.05. The summed E-state index contributed by atoms with van der Waals surface area (Å²) in [6.45, 7) is 8.64. The fourth-order valence-electron chi connectivity index (χ4n) is 2.56. The summed E-state index contributed by atoms with van der Waals surface area (Å²) < 4.78 is 5.31. The van der Waals surface area contributed by atoms with Crippen LogP contribution >= 0.6 is 0 Å².